The van der Waals surface area contributed by atoms with E-state index in [0.29, 0.717) is 6.42 Å². The van der Waals surface area contributed by atoms with Gasteiger partial charge in [-0.3, -0.25) is 4.79 Å². The minimum absolute atomic E-state index is 0.0245. The van der Waals surface area contributed by atoms with E-state index in [1.165, 1.54) is 0 Å². The van der Waals surface area contributed by atoms with Crippen molar-refractivity contribution < 1.29 is 29.3 Å². The number of ether oxygens (including phenoxy) is 1. The highest BCUT2D eigenvalue weighted by Gasteiger charge is 2.29. The summed E-state index contributed by atoms with van der Waals surface area (Å²) in [5.74, 6) is -2.28. The topological polar surface area (TPSA) is 125 Å². The third-order valence-electron chi connectivity index (χ3n) is 5.39. The summed E-state index contributed by atoms with van der Waals surface area (Å²) in [6.07, 6.45) is -1.86. The molecule has 2 amide bonds. The smallest absolute Gasteiger partial charge is 0.407 e. The second-order valence-electron chi connectivity index (χ2n) is 7.54. The van der Waals surface area contributed by atoms with Gasteiger partial charge in [0.25, 0.3) is 0 Å². The van der Waals surface area contributed by atoms with E-state index in [-0.39, 0.29) is 25.6 Å². The molecule has 0 radical (unpaired) electrons. The molecule has 1 aliphatic carbocycles. The number of amides is 2. The van der Waals surface area contributed by atoms with E-state index in [4.69, 9.17) is 9.84 Å². The monoisotopic (exact) mass is 426 g/mol. The predicted molar refractivity (Wildman–Crippen MR) is 114 cm³/mol. The molecule has 4 N–H and O–H groups in total. The van der Waals surface area contributed by atoms with Gasteiger partial charge in [-0.15, -0.1) is 0 Å². The van der Waals surface area contributed by atoms with Gasteiger partial charge < -0.3 is 25.6 Å². The number of hydrogen-bond donors (Lipinski definition) is 4. The molecule has 8 nitrogen and oxygen atoms in total. The Labute approximate surface area is 180 Å². The fraction of sp³-hybridized carbons (Fsp3) is 0.348. The lowest BCUT2D eigenvalue weighted by Crippen LogP contribution is -2.39. The zero-order valence-electron chi connectivity index (χ0n) is 17.2. The van der Waals surface area contributed by atoms with Gasteiger partial charge in [0.05, 0.1) is 6.54 Å². The van der Waals surface area contributed by atoms with Gasteiger partial charge in [-0.25, -0.2) is 9.59 Å². The van der Waals surface area contributed by atoms with Crippen molar-refractivity contribution in [3.05, 3.63) is 59.7 Å². The fourth-order valence-corrected chi connectivity index (χ4v) is 3.63. The van der Waals surface area contributed by atoms with Gasteiger partial charge in [0, 0.05) is 18.4 Å². The third-order valence-corrected chi connectivity index (χ3v) is 5.39. The van der Waals surface area contributed by atoms with Gasteiger partial charge in [0.15, 0.2) is 6.10 Å². The molecule has 2 atom stereocenters. The van der Waals surface area contributed by atoms with Crippen molar-refractivity contribution in [2.75, 3.05) is 19.7 Å². The summed E-state index contributed by atoms with van der Waals surface area (Å²) in [5, 5.41) is 22.8. The molecule has 164 valence electrons. The molecule has 8 heteroatoms. The van der Waals surface area contributed by atoms with Gasteiger partial charge in [0.1, 0.15) is 6.61 Å². The molecule has 0 spiro atoms. The number of carbonyl (C=O) groups excluding carboxylic acids is 2. The quantitative estimate of drug-likeness (QED) is 0.487. The lowest BCUT2D eigenvalue weighted by atomic mass is 9.98. The number of benzene rings is 2. The van der Waals surface area contributed by atoms with Gasteiger partial charge in [-0.05, 0) is 28.7 Å². The normalized spacial score (nSPS) is 14.1. The summed E-state index contributed by atoms with van der Waals surface area (Å²) >= 11 is 0. The van der Waals surface area contributed by atoms with Crippen molar-refractivity contribution in [1.82, 2.24) is 10.6 Å². The average molecular weight is 426 g/mol. The van der Waals surface area contributed by atoms with Crippen LogP contribution in [0.25, 0.3) is 11.1 Å². The number of aliphatic hydroxyl groups is 1. The highest BCUT2D eigenvalue weighted by Crippen LogP contribution is 2.44. The number of rotatable bonds is 9. The summed E-state index contributed by atoms with van der Waals surface area (Å²) < 4.78 is 5.44. The van der Waals surface area contributed by atoms with Crippen molar-refractivity contribution in [3.63, 3.8) is 0 Å². The van der Waals surface area contributed by atoms with Gasteiger partial charge >= 0.3 is 12.1 Å². The van der Waals surface area contributed by atoms with Crippen LogP contribution in [0.2, 0.25) is 0 Å². The molecule has 3 rings (SSSR count). The molecule has 2 unspecified atom stereocenters. The number of carbonyl (C=O) groups is 3. The van der Waals surface area contributed by atoms with Crippen LogP contribution < -0.4 is 10.6 Å². The van der Waals surface area contributed by atoms with Gasteiger partial charge in [0.2, 0.25) is 5.91 Å². The van der Waals surface area contributed by atoms with E-state index in [1.54, 1.807) is 6.92 Å². The Balaban J connectivity index is 1.44. The largest absolute Gasteiger partial charge is 0.479 e. The summed E-state index contributed by atoms with van der Waals surface area (Å²) in [6.45, 7) is 1.73. The van der Waals surface area contributed by atoms with Crippen molar-refractivity contribution in [2.24, 2.45) is 5.92 Å². The molecule has 0 bridgehead atoms. The minimum atomic E-state index is -1.64. The van der Waals surface area contributed by atoms with Crippen LogP contribution in [-0.2, 0) is 14.3 Å². The van der Waals surface area contributed by atoms with Crippen molar-refractivity contribution in [2.45, 2.75) is 25.4 Å². The Bertz CT molecular complexity index is 915. The second-order valence-corrected chi connectivity index (χ2v) is 7.54. The third kappa shape index (κ3) is 5.40. The Morgan fingerprint density at radius 3 is 2.16 bits per heavy atom. The molecule has 2 aromatic carbocycles. The molecule has 31 heavy (non-hydrogen) atoms. The van der Waals surface area contributed by atoms with Gasteiger partial charge in [-0.1, -0.05) is 55.5 Å². The molecule has 0 fully saturated rings. The van der Waals surface area contributed by atoms with Crippen LogP contribution >= 0.6 is 0 Å². The van der Waals surface area contributed by atoms with E-state index in [0.717, 1.165) is 22.3 Å². The molecule has 0 saturated carbocycles. The van der Waals surface area contributed by atoms with E-state index in [2.05, 4.69) is 22.8 Å². The van der Waals surface area contributed by atoms with Crippen LogP contribution in [0.1, 0.15) is 30.4 Å². The molecule has 0 saturated heterocycles. The number of carboxylic acids is 1. The average Bonchev–Trinajstić information content (AvgIpc) is 3.09. The number of fused-ring (bicyclic) bond motifs is 3. The van der Waals surface area contributed by atoms with Gasteiger partial charge in [-0.2, -0.15) is 0 Å². The lowest BCUT2D eigenvalue weighted by Gasteiger charge is -2.16. The number of aliphatic carboxylic acids is 1. The lowest BCUT2D eigenvalue weighted by molar-refractivity contribution is -0.146. The zero-order valence-corrected chi connectivity index (χ0v) is 17.2. The van der Waals surface area contributed by atoms with E-state index < -0.39 is 30.0 Å². The predicted octanol–water partition coefficient (Wildman–Crippen LogP) is 2.11. The van der Waals surface area contributed by atoms with Crippen LogP contribution in [0.3, 0.4) is 0 Å². The molecular weight excluding hydrogens is 400 g/mol. The Morgan fingerprint density at radius 2 is 1.58 bits per heavy atom. The summed E-state index contributed by atoms with van der Waals surface area (Å²) in [5.41, 5.74) is 4.57. The molecule has 0 aromatic heterocycles. The maximum absolute atomic E-state index is 12.1. The first-order chi connectivity index (χ1) is 14.9. The first kappa shape index (κ1) is 22.3. The zero-order chi connectivity index (χ0) is 22.4. The van der Waals surface area contributed by atoms with Crippen LogP contribution in [0.4, 0.5) is 4.79 Å². The Kier molecular flexibility index (Phi) is 7.25. The summed E-state index contributed by atoms with van der Waals surface area (Å²) in [6, 6.07) is 16.1. The van der Waals surface area contributed by atoms with E-state index >= 15 is 0 Å². The van der Waals surface area contributed by atoms with Crippen molar-refractivity contribution in [1.29, 1.82) is 0 Å². The first-order valence-electron chi connectivity index (χ1n) is 10.2. The molecule has 2 aromatic rings. The summed E-state index contributed by atoms with van der Waals surface area (Å²) in [4.78, 5) is 34.6. The van der Waals surface area contributed by atoms with E-state index in [1.807, 2.05) is 36.4 Å². The fourth-order valence-electron chi connectivity index (χ4n) is 3.63. The number of alkyl carbamates (subject to hydrolysis) is 1. The number of hydrogen-bond acceptors (Lipinski definition) is 5. The molecular formula is C23H26N2O6. The minimum Gasteiger partial charge on any atom is -0.479 e. The molecule has 1 aliphatic rings. The number of carboxylic acid groups (broad SMARTS) is 1. The Morgan fingerprint density at radius 1 is 1.00 bits per heavy atom. The number of aliphatic hydroxyl groups excluding tert-OH is 1. The van der Waals surface area contributed by atoms with Crippen molar-refractivity contribution >= 4 is 18.0 Å². The molecule has 0 aliphatic heterocycles. The maximum Gasteiger partial charge on any atom is 0.407 e. The van der Waals surface area contributed by atoms with Crippen LogP contribution in [-0.4, -0.2) is 54.0 Å². The first-order valence-corrected chi connectivity index (χ1v) is 10.2. The Hall–Kier alpha value is -3.39. The standard InChI is InChI=1S/C23H26N2O6/c1-14(21(27)25-12-20(26)22(28)29)10-11-24-23(30)31-13-19-17-8-4-2-6-15(17)16-7-3-5-9-18(16)19/h2-9,14,19-20,26H,10-13H2,1H3,(H,24,30)(H,25,27)(H,28,29). The van der Waals surface area contributed by atoms with E-state index in [9.17, 15) is 19.5 Å². The van der Waals surface area contributed by atoms with Crippen LogP contribution in [0.5, 0.6) is 0 Å². The van der Waals surface area contributed by atoms with Crippen LogP contribution in [0, 0.1) is 5.92 Å². The number of nitrogens with one attached hydrogen (secondary N) is 2. The second kappa shape index (κ2) is 10.1. The maximum atomic E-state index is 12.1. The highest BCUT2D eigenvalue weighted by atomic mass is 16.5. The SMILES string of the molecule is CC(CCNC(=O)OCC1c2ccccc2-c2ccccc21)C(=O)NCC(O)C(=O)O. The summed E-state index contributed by atoms with van der Waals surface area (Å²) in [7, 11) is 0. The molecule has 0 heterocycles. The highest BCUT2D eigenvalue weighted by molar-refractivity contribution is 5.80. The van der Waals surface area contributed by atoms with Crippen LogP contribution in [0.15, 0.2) is 48.5 Å². The van der Waals surface area contributed by atoms with Crippen molar-refractivity contribution in [3.8, 4) is 11.1 Å².